The molecule has 2 atom stereocenters. The first-order chi connectivity index (χ1) is 12.1. The molecule has 6 nitrogen and oxygen atoms in total. The summed E-state index contributed by atoms with van der Waals surface area (Å²) >= 11 is 0. The van der Waals surface area contributed by atoms with Gasteiger partial charge in [0, 0.05) is 39.1 Å². The zero-order valence-corrected chi connectivity index (χ0v) is 14.8. The van der Waals surface area contributed by atoms with E-state index in [-0.39, 0.29) is 24.7 Å². The van der Waals surface area contributed by atoms with Crippen molar-refractivity contribution in [3.05, 3.63) is 53.6 Å². The van der Waals surface area contributed by atoms with Crippen LogP contribution in [0.25, 0.3) is 0 Å². The van der Waals surface area contributed by atoms with Crippen LogP contribution in [0.4, 0.5) is 0 Å². The molecule has 132 valence electrons. The van der Waals surface area contributed by atoms with Crippen LogP contribution in [0.2, 0.25) is 0 Å². The number of aromatic nitrogens is 2. The smallest absolute Gasteiger partial charge is 0.249 e. The van der Waals surface area contributed by atoms with Crippen LogP contribution < -0.4 is 0 Å². The van der Waals surface area contributed by atoms with E-state index in [0.717, 1.165) is 25.5 Å². The Morgan fingerprint density at radius 2 is 2.16 bits per heavy atom. The third kappa shape index (κ3) is 3.32. The molecule has 2 saturated heterocycles. The SMILES string of the molecule is Cc1cccc(CN2C(=O)CO[C@@H]3CN(Cc4nccn4C)C[C@H]32)c1. The minimum absolute atomic E-state index is 0.0848. The van der Waals surface area contributed by atoms with Gasteiger partial charge in [-0.25, -0.2) is 4.98 Å². The van der Waals surface area contributed by atoms with E-state index in [9.17, 15) is 4.79 Å². The van der Waals surface area contributed by atoms with Gasteiger partial charge in [-0.2, -0.15) is 0 Å². The van der Waals surface area contributed by atoms with Crippen LogP contribution in [-0.4, -0.2) is 57.1 Å². The summed E-state index contributed by atoms with van der Waals surface area (Å²) in [6.45, 7) is 5.37. The van der Waals surface area contributed by atoms with Gasteiger partial charge in [0.25, 0.3) is 0 Å². The third-order valence-corrected chi connectivity index (χ3v) is 5.18. The van der Waals surface area contributed by atoms with Crippen LogP contribution >= 0.6 is 0 Å². The standard InChI is InChI=1S/C19H24N4O2/c1-14-4-3-5-15(8-14)9-23-16-10-22(11-17(16)25-13-19(23)24)12-18-20-6-7-21(18)2/h3-8,16-17H,9-13H2,1-2H3/t16-,17-/m1/s1. The summed E-state index contributed by atoms with van der Waals surface area (Å²) in [4.78, 5) is 21.2. The van der Waals surface area contributed by atoms with Crippen molar-refractivity contribution >= 4 is 5.91 Å². The number of carbonyl (C=O) groups excluding carboxylic acids is 1. The van der Waals surface area contributed by atoms with Crippen molar-refractivity contribution in [1.29, 1.82) is 0 Å². The number of fused-ring (bicyclic) bond motifs is 1. The molecule has 25 heavy (non-hydrogen) atoms. The lowest BCUT2D eigenvalue weighted by Gasteiger charge is -2.36. The van der Waals surface area contributed by atoms with Gasteiger partial charge in [0.2, 0.25) is 5.91 Å². The second-order valence-corrected chi connectivity index (χ2v) is 7.08. The zero-order valence-electron chi connectivity index (χ0n) is 14.8. The van der Waals surface area contributed by atoms with Crippen LogP contribution in [0.3, 0.4) is 0 Å². The van der Waals surface area contributed by atoms with Crippen molar-refractivity contribution in [3.8, 4) is 0 Å². The Balaban J connectivity index is 1.48. The number of amides is 1. The normalized spacial score (nSPS) is 23.9. The van der Waals surface area contributed by atoms with Gasteiger partial charge in [-0.15, -0.1) is 0 Å². The van der Waals surface area contributed by atoms with Gasteiger partial charge in [-0.05, 0) is 12.5 Å². The Morgan fingerprint density at radius 1 is 1.28 bits per heavy atom. The zero-order chi connectivity index (χ0) is 17.4. The minimum atomic E-state index is 0.0848. The predicted molar refractivity (Wildman–Crippen MR) is 93.7 cm³/mol. The maximum absolute atomic E-state index is 12.5. The van der Waals surface area contributed by atoms with Crippen LogP contribution in [0, 0.1) is 6.92 Å². The number of hydrogen-bond donors (Lipinski definition) is 0. The number of imidazole rings is 1. The topological polar surface area (TPSA) is 50.6 Å². The van der Waals surface area contributed by atoms with Crippen molar-refractivity contribution in [3.63, 3.8) is 0 Å². The van der Waals surface area contributed by atoms with E-state index >= 15 is 0 Å². The third-order valence-electron chi connectivity index (χ3n) is 5.18. The first-order valence-corrected chi connectivity index (χ1v) is 8.75. The van der Waals surface area contributed by atoms with Crippen LogP contribution in [-0.2, 0) is 29.7 Å². The minimum Gasteiger partial charge on any atom is -0.365 e. The first kappa shape index (κ1) is 16.3. The molecule has 0 unspecified atom stereocenters. The summed E-state index contributed by atoms with van der Waals surface area (Å²) in [6.07, 6.45) is 3.87. The molecule has 0 radical (unpaired) electrons. The van der Waals surface area contributed by atoms with Crippen molar-refractivity contribution in [1.82, 2.24) is 19.4 Å². The molecule has 0 aliphatic carbocycles. The average molecular weight is 340 g/mol. The lowest BCUT2D eigenvalue weighted by atomic mass is 10.1. The number of rotatable bonds is 4. The van der Waals surface area contributed by atoms with E-state index in [1.807, 2.05) is 28.9 Å². The Kier molecular flexibility index (Phi) is 4.31. The summed E-state index contributed by atoms with van der Waals surface area (Å²) in [6, 6.07) is 8.48. The van der Waals surface area contributed by atoms with Crippen molar-refractivity contribution in [2.24, 2.45) is 7.05 Å². The van der Waals surface area contributed by atoms with Crippen molar-refractivity contribution in [2.75, 3.05) is 19.7 Å². The number of aryl methyl sites for hydroxylation is 2. The number of likely N-dealkylation sites (tertiary alicyclic amines) is 1. The van der Waals surface area contributed by atoms with Gasteiger partial charge >= 0.3 is 0 Å². The number of benzene rings is 1. The molecule has 4 rings (SSSR count). The quantitative estimate of drug-likeness (QED) is 0.843. The molecule has 0 spiro atoms. The predicted octanol–water partition coefficient (Wildman–Crippen LogP) is 1.34. The first-order valence-electron chi connectivity index (χ1n) is 8.75. The molecule has 2 aliphatic heterocycles. The highest BCUT2D eigenvalue weighted by Gasteiger charge is 2.43. The fraction of sp³-hybridized carbons (Fsp3) is 0.474. The Hall–Kier alpha value is -2.18. The van der Waals surface area contributed by atoms with E-state index in [1.54, 1.807) is 0 Å². The second kappa shape index (κ2) is 6.61. The largest absolute Gasteiger partial charge is 0.365 e. The molecular formula is C19H24N4O2. The molecule has 0 N–H and O–H groups in total. The fourth-order valence-corrected chi connectivity index (χ4v) is 3.83. The number of ether oxygens (including phenoxy) is 1. The lowest BCUT2D eigenvalue weighted by molar-refractivity contribution is -0.153. The summed E-state index contributed by atoms with van der Waals surface area (Å²) in [5.41, 5.74) is 2.40. The van der Waals surface area contributed by atoms with Crippen LogP contribution in [0.1, 0.15) is 17.0 Å². The molecule has 6 heteroatoms. The second-order valence-electron chi connectivity index (χ2n) is 7.08. The van der Waals surface area contributed by atoms with Crippen molar-refractivity contribution in [2.45, 2.75) is 32.2 Å². The van der Waals surface area contributed by atoms with E-state index in [4.69, 9.17) is 4.74 Å². The van der Waals surface area contributed by atoms with Gasteiger partial charge < -0.3 is 14.2 Å². The monoisotopic (exact) mass is 340 g/mol. The molecule has 2 aromatic rings. The maximum Gasteiger partial charge on any atom is 0.249 e. The summed E-state index contributed by atoms with van der Waals surface area (Å²) in [5.74, 6) is 1.12. The molecule has 0 bridgehead atoms. The summed E-state index contributed by atoms with van der Waals surface area (Å²) < 4.78 is 7.87. The van der Waals surface area contributed by atoms with Crippen molar-refractivity contribution < 1.29 is 9.53 Å². The number of morpholine rings is 1. The van der Waals surface area contributed by atoms with E-state index < -0.39 is 0 Å². The highest BCUT2D eigenvalue weighted by atomic mass is 16.5. The number of hydrogen-bond acceptors (Lipinski definition) is 4. The molecule has 2 fully saturated rings. The Morgan fingerprint density at radius 3 is 2.92 bits per heavy atom. The number of nitrogens with zero attached hydrogens (tertiary/aromatic N) is 4. The fourth-order valence-electron chi connectivity index (χ4n) is 3.83. The Bertz CT molecular complexity index is 772. The lowest BCUT2D eigenvalue weighted by Crippen LogP contribution is -2.53. The van der Waals surface area contributed by atoms with E-state index in [1.165, 1.54) is 11.1 Å². The van der Waals surface area contributed by atoms with Gasteiger partial charge in [0.15, 0.2) is 0 Å². The van der Waals surface area contributed by atoms with Gasteiger partial charge in [0.1, 0.15) is 12.4 Å². The number of carbonyl (C=O) groups is 1. The average Bonchev–Trinajstić information content (AvgIpc) is 3.17. The van der Waals surface area contributed by atoms with Gasteiger partial charge in [-0.3, -0.25) is 9.69 Å². The highest BCUT2D eigenvalue weighted by molar-refractivity contribution is 5.78. The van der Waals surface area contributed by atoms with E-state index in [2.05, 4.69) is 41.1 Å². The highest BCUT2D eigenvalue weighted by Crippen LogP contribution is 2.26. The van der Waals surface area contributed by atoms with Crippen LogP contribution in [0.5, 0.6) is 0 Å². The van der Waals surface area contributed by atoms with E-state index in [0.29, 0.717) is 6.54 Å². The van der Waals surface area contributed by atoms with Crippen LogP contribution in [0.15, 0.2) is 36.7 Å². The van der Waals surface area contributed by atoms with Gasteiger partial charge in [-0.1, -0.05) is 29.8 Å². The van der Waals surface area contributed by atoms with Gasteiger partial charge in [0.05, 0.1) is 18.7 Å². The Labute approximate surface area is 148 Å². The molecular weight excluding hydrogens is 316 g/mol. The molecule has 1 aromatic carbocycles. The summed E-state index contributed by atoms with van der Waals surface area (Å²) in [5, 5.41) is 0. The maximum atomic E-state index is 12.5. The molecule has 2 aliphatic rings. The summed E-state index contributed by atoms with van der Waals surface area (Å²) in [7, 11) is 2.01. The molecule has 1 amide bonds. The molecule has 3 heterocycles. The molecule has 0 saturated carbocycles. The molecule has 1 aromatic heterocycles.